The number of methoxy groups -OCH3 is 1. The molecule has 1 aromatic rings. The van der Waals surface area contributed by atoms with Crippen LogP contribution in [0.15, 0.2) is 17.1 Å². The van der Waals surface area contributed by atoms with Crippen molar-refractivity contribution in [3.63, 3.8) is 0 Å². The van der Waals surface area contributed by atoms with Gasteiger partial charge in [-0.05, 0) is 13.0 Å². The number of ether oxygens (including phenoxy) is 4. The zero-order valence-electron chi connectivity index (χ0n) is 15.8. The summed E-state index contributed by atoms with van der Waals surface area (Å²) in [5.74, 6) is -1.22. The van der Waals surface area contributed by atoms with E-state index in [-0.39, 0.29) is 29.4 Å². The molecular formula is C18H25NO8S. The Morgan fingerprint density at radius 1 is 1.14 bits per heavy atom. The molecule has 1 aromatic carbocycles. The SMILES string of the molecule is COCCOCCOCCOc1cc(O)c(O)c(C2=N[C@@](C)(C(=O)O)CS2)c1. The van der Waals surface area contributed by atoms with Gasteiger partial charge in [-0.1, -0.05) is 0 Å². The van der Waals surface area contributed by atoms with Gasteiger partial charge in [0.2, 0.25) is 0 Å². The summed E-state index contributed by atoms with van der Waals surface area (Å²) in [5.41, 5.74) is -1.03. The van der Waals surface area contributed by atoms with Crippen LogP contribution in [0.2, 0.25) is 0 Å². The lowest BCUT2D eigenvalue weighted by molar-refractivity contribution is -0.141. The van der Waals surface area contributed by atoms with E-state index >= 15 is 0 Å². The number of phenols is 2. The molecule has 9 nitrogen and oxygen atoms in total. The van der Waals surface area contributed by atoms with Crippen LogP contribution in [0.5, 0.6) is 17.2 Å². The number of carboxylic acids is 1. The Balaban J connectivity index is 1.89. The second-order valence-corrected chi connectivity index (χ2v) is 7.15. The topological polar surface area (TPSA) is 127 Å². The van der Waals surface area contributed by atoms with E-state index in [1.54, 1.807) is 7.11 Å². The minimum absolute atomic E-state index is 0.230. The maximum Gasteiger partial charge on any atom is 0.332 e. The number of rotatable bonds is 12. The van der Waals surface area contributed by atoms with Gasteiger partial charge in [-0.15, -0.1) is 11.8 Å². The molecule has 0 spiro atoms. The molecule has 10 heteroatoms. The first kappa shape index (κ1) is 22.3. The molecule has 0 aliphatic carbocycles. The van der Waals surface area contributed by atoms with Crippen molar-refractivity contribution in [3.05, 3.63) is 17.7 Å². The summed E-state index contributed by atoms with van der Waals surface area (Å²) in [6.07, 6.45) is 0. The molecule has 0 saturated heterocycles. The molecule has 0 saturated carbocycles. The maximum atomic E-state index is 11.3. The summed E-state index contributed by atoms with van der Waals surface area (Å²) in [7, 11) is 1.60. The normalized spacial score (nSPS) is 18.9. The summed E-state index contributed by atoms with van der Waals surface area (Å²) >= 11 is 1.20. The summed E-state index contributed by atoms with van der Waals surface area (Å²) in [6, 6.07) is 2.80. The number of phenolic OH excluding ortho intramolecular Hbond substituents is 2. The average Bonchev–Trinajstić information content (AvgIpc) is 3.06. The lowest BCUT2D eigenvalue weighted by Gasteiger charge is -2.12. The number of aromatic hydroxyl groups is 2. The molecule has 0 bridgehead atoms. The van der Waals surface area contributed by atoms with E-state index in [9.17, 15) is 20.1 Å². The van der Waals surface area contributed by atoms with Crippen LogP contribution < -0.4 is 4.74 Å². The number of aliphatic imine (C=N–C) groups is 1. The Hall–Kier alpha value is -2.01. The zero-order chi connectivity index (χ0) is 20.6. The van der Waals surface area contributed by atoms with Crippen molar-refractivity contribution in [1.82, 2.24) is 0 Å². The molecule has 1 aliphatic rings. The van der Waals surface area contributed by atoms with E-state index in [0.717, 1.165) is 0 Å². The minimum atomic E-state index is -1.27. The van der Waals surface area contributed by atoms with Crippen LogP contribution in [-0.4, -0.2) is 84.4 Å². The first-order valence-corrected chi connectivity index (χ1v) is 9.65. The molecule has 2 rings (SSSR count). The van der Waals surface area contributed by atoms with Gasteiger partial charge in [-0.3, -0.25) is 4.99 Å². The molecule has 156 valence electrons. The highest BCUT2D eigenvalue weighted by Crippen LogP contribution is 2.40. The van der Waals surface area contributed by atoms with Crippen LogP contribution in [0.3, 0.4) is 0 Å². The van der Waals surface area contributed by atoms with Crippen LogP contribution in [0.25, 0.3) is 0 Å². The lowest BCUT2D eigenvalue weighted by atomic mass is 10.1. The largest absolute Gasteiger partial charge is 0.504 e. The van der Waals surface area contributed by atoms with Crippen molar-refractivity contribution in [2.75, 3.05) is 52.5 Å². The fourth-order valence-corrected chi connectivity index (χ4v) is 3.45. The molecule has 1 atom stereocenters. The van der Waals surface area contributed by atoms with Crippen LogP contribution in [-0.2, 0) is 19.0 Å². The van der Waals surface area contributed by atoms with Crippen molar-refractivity contribution in [3.8, 4) is 17.2 Å². The Bertz CT molecular complexity index is 711. The zero-order valence-corrected chi connectivity index (χ0v) is 16.7. The summed E-state index contributed by atoms with van der Waals surface area (Å²) in [5, 5.41) is 29.7. The standard InChI is InChI=1S/C18H25NO8S/c1-18(17(22)23)11-28-16(19-18)13-9-12(10-14(20)15(13)21)27-8-7-26-6-5-25-4-3-24-2/h9-10,20-21H,3-8,11H2,1-2H3,(H,22,23)/t18-/m1/s1. The van der Waals surface area contributed by atoms with Gasteiger partial charge in [0.05, 0.1) is 38.6 Å². The Morgan fingerprint density at radius 2 is 1.79 bits per heavy atom. The lowest BCUT2D eigenvalue weighted by Crippen LogP contribution is -2.33. The first-order valence-electron chi connectivity index (χ1n) is 8.67. The third-order valence-corrected chi connectivity index (χ3v) is 5.18. The monoisotopic (exact) mass is 415 g/mol. The van der Waals surface area contributed by atoms with Crippen LogP contribution in [0, 0.1) is 0 Å². The van der Waals surface area contributed by atoms with Gasteiger partial charge in [-0.2, -0.15) is 0 Å². The Labute approximate surface area is 167 Å². The van der Waals surface area contributed by atoms with Crippen LogP contribution in [0.1, 0.15) is 12.5 Å². The van der Waals surface area contributed by atoms with Crippen molar-refractivity contribution in [2.24, 2.45) is 4.99 Å². The molecule has 0 unspecified atom stereocenters. The average molecular weight is 415 g/mol. The summed E-state index contributed by atoms with van der Waals surface area (Å²) in [6.45, 7) is 3.96. The molecule has 0 fully saturated rings. The first-order chi connectivity index (χ1) is 13.4. The van der Waals surface area contributed by atoms with E-state index in [1.165, 1.54) is 30.8 Å². The second-order valence-electron chi connectivity index (χ2n) is 6.19. The third-order valence-electron chi connectivity index (χ3n) is 3.89. The van der Waals surface area contributed by atoms with E-state index in [2.05, 4.69) is 4.99 Å². The number of hydrogen-bond donors (Lipinski definition) is 3. The highest BCUT2D eigenvalue weighted by molar-refractivity contribution is 8.14. The quantitative estimate of drug-likeness (QED) is 0.344. The number of aliphatic carboxylic acids is 1. The van der Waals surface area contributed by atoms with E-state index < -0.39 is 11.5 Å². The fraction of sp³-hybridized carbons (Fsp3) is 0.556. The molecule has 0 aromatic heterocycles. The van der Waals surface area contributed by atoms with E-state index in [1.807, 2.05) is 0 Å². The Morgan fingerprint density at radius 3 is 2.39 bits per heavy atom. The fourth-order valence-electron chi connectivity index (χ4n) is 2.27. The van der Waals surface area contributed by atoms with Gasteiger partial charge in [0, 0.05) is 18.9 Å². The van der Waals surface area contributed by atoms with Crippen molar-refractivity contribution in [1.29, 1.82) is 0 Å². The molecule has 0 amide bonds. The number of benzene rings is 1. The van der Waals surface area contributed by atoms with Crippen molar-refractivity contribution >= 4 is 22.8 Å². The maximum absolute atomic E-state index is 11.3. The minimum Gasteiger partial charge on any atom is -0.504 e. The number of nitrogens with zero attached hydrogens (tertiary/aromatic N) is 1. The number of hydrogen-bond acceptors (Lipinski definition) is 9. The smallest absolute Gasteiger partial charge is 0.332 e. The van der Waals surface area contributed by atoms with Gasteiger partial charge in [0.15, 0.2) is 17.0 Å². The van der Waals surface area contributed by atoms with Crippen molar-refractivity contribution in [2.45, 2.75) is 12.5 Å². The van der Waals surface area contributed by atoms with Gasteiger partial charge >= 0.3 is 5.97 Å². The highest BCUT2D eigenvalue weighted by atomic mass is 32.2. The van der Waals surface area contributed by atoms with Crippen LogP contribution >= 0.6 is 11.8 Å². The molecular weight excluding hydrogens is 390 g/mol. The summed E-state index contributed by atoms with van der Waals surface area (Å²) in [4.78, 5) is 15.5. The second kappa shape index (κ2) is 10.5. The molecule has 1 heterocycles. The van der Waals surface area contributed by atoms with Gasteiger partial charge in [-0.25, -0.2) is 4.79 Å². The van der Waals surface area contributed by atoms with Gasteiger partial charge in [0.25, 0.3) is 0 Å². The van der Waals surface area contributed by atoms with Crippen LogP contribution in [0.4, 0.5) is 0 Å². The Kier molecular flexibility index (Phi) is 8.36. The predicted octanol–water partition coefficient (Wildman–Crippen LogP) is 1.49. The molecule has 3 N–H and O–H groups in total. The number of carboxylic acid groups (broad SMARTS) is 1. The highest BCUT2D eigenvalue weighted by Gasteiger charge is 2.39. The number of thioether (sulfide) groups is 1. The van der Waals surface area contributed by atoms with Gasteiger partial charge < -0.3 is 34.3 Å². The molecule has 1 aliphatic heterocycles. The predicted molar refractivity (Wildman–Crippen MR) is 104 cm³/mol. The van der Waals surface area contributed by atoms with Crippen molar-refractivity contribution < 1.29 is 39.1 Å². The molecule has 28 heavy (non-hydrogen) atoms. The van der Waals surface area contributed by atoms with E-state index in [0.29, 0.717) is 43.8 Å². The van der Waals surface area contributed by atoms with E-state index in [4.69, 9.17) is 18.9 Å². The molecule has 0 radical (unpaired) electrons. The number of carbonyl (C=O) groups is 1. The third kappa shape index (κ3) is 5.99. The summed E-state index contributed by atoms with van der Waals surface area (Å²) < 4.78 is 21.1. The van der Waals surface area contributed by atoms with Gasteiger partial charge in [0.1, 0.15) is 17.4 Å².